The third kappa shape index (κ3) is 15.0. The van der Waals surface area contributed by atoms with Crippen molar-refractivity contribution in [1.82, 2.24) is 4.90 Å². The van der Waals surface area contributed by atoms with Crippen LogP contribution in [0.5, 0.6) is 0 Å². The molecule has 0 aromatic rings. The van der Waals surface area contributed by atoms with Gasteiger partial charge in [-0.25, -0.2) is 4.79 Å². The maximum atomic E-state index is 12.5. The van der Waals surface area contributed by atoms with Gasteiger partial charge in [0, 0.05) is 25.2 Å². The summed E-state index contributed by atoms with van der Waals surface area (Å²) in [4.78, 5) is 26.0. The van der Waals surface area contributed by atoms with Gasteiger partial charge in [0.05, 0.1) is 6.61 Å². The molecular formula is C22H41NO3. The number of rotatable bonds is 16. The summed E-state index contributed by atoms with van der Waals surface area (Å²) >= 11 is 0. The van der Waals surface area contributed by atoms with Crippen molar-refractivity contribution in [1.29, 1.82) is 0 Å². The van der Waals surface area contributed by atoms with Gasteiger partial charge in [-0.1, -0.05) is 79.1 Å². The summed E-state index contributed by atoms with van der Waals surface area (Å²) in [5.74, 6) is -0.207. The maximum Gasteiger partial charge on any atom is 0.330 e. The summed E-state index contributed by atoms with van der Waals surface area (Å²) in [7, 11) is 0. The number of esters is 1. The highest BCUT2D eigenvalue weighted by Crippen LogP contribution is 2.08. The molecule has 1 amide bonds. The van der Waals surface area contributed by atoms with Crippen LogP contribution < -0.4 is 0 Å². The molecule has 0 unspecified atom stereocenters. The van der Waals surface area contributed by atoms with E-state index in [0.717, 1.165) is 38.8 Å². The van der Waals surface area contributed by atoms with Crippen LogP contribution in [0.4, 0.5) is 0 Å². The Hall–Kier alpha value is -1.32. The first-order valence-electron chi connectivity index (χ1n) is 10.6. The van der Waals surface area contributed by atoms with E-state index in [1.807, 2.05) is 18.7 Å². The maximum absolute atomic E-state index is 12.5. The standard InChI is InChI=1S/C22H41NO3/c1-5-7-9-11-13-17-23(18-14-12-10-8-6-2)21(24)15-16-22(25)26-19-20(3)4/h15-16,20H,5-14,17-19H2,1-4H3/b16-15+. The minimum atomic E-state index is -0.433. The molecule has 152 valence electrons. The molecule has 4 heteroatoms. The van der Waals surface area contributed by atoms with E-state index >= 15 is 0 Å². The molecule has 0 spiro atoms. The van der Waals surface area contributed by atoms with Crippen molar-refractivity contribution in [3.05, 3.63) is 12.2 Å². The zero-order valence-corrected chi connectivity index (χ0v) is 17.6. The Kier molecular flexibility index (Phi) is 16.2. The third-order valence-corrected chi connectivity index (χ3v) is 4.30. The first kappa shape index (κ1) is 24.7. The molecule has 0 aliphatic carbocycles. The lowest BCUT2D eigenvalue weighted by atomic mass is 10.1. The van der Waals surface area contributed by atoms with Gasteiger partial charge >= 0.3 is 5.97 Å². The summed E-state index contributed by atoms with van der Waals surface area (Å²) < 4.78 is 5.09. The lowest BCUT2D eigenvalue weighted by Gasteiger charge is -2.21. The van der Waals surface area contributed by atoms with E-state index in [4.69, 9.17) is 4.74 Å². The van der Waals surface area contributed by atoms with Crippen LogP contribution in [0, 0.1) is 5.92 Å². The molecule has 0 N–H and O–H groups in total. The minimum Gasteiger partial charge on any atom is -0.462 e. The van der Waals surface area contributed by atoms with Crippen molar-refractivity contribution < 1.29 is 14.3 Å². The van der Waals surface area contributed by atoms with Gasteiger partial charge in [-0.2, -0.15) is 0 Å². The van der Waals surface area contributed by atoms with Crippen molar-refractivity contribution in [2.45, 2.75) is 91.9 Å². The lowest BCUT2D eigenvalue weighted by molar-refractivity contribution is -0.139. The summed E-state index contributed by atoms with van der Waals surface area (Å²) in [6.45, 7) is 10.3. The smallest absolute Gasteiger partial charge is 0.330 e. The molecule has 0 rings (SSSR count). The van der Waals surface area contributed by atoms with Crippen LogP contribution in [-0.2, 0) is 14.3 Å². The van der Waals surface area contributed by atoms with E-state index in [9.17, 15) is 9.59 Å². The number of amides is 1. The largest absolute Gasteiger partial charge is 0.462 e. The van der Waals surface area contributed by atoms with Crippen LogP contribution >= 0.6 is 0 Å². The van der Waals surface area contributed by atoms with Gasteiger partial charge in [0.25, 0.3) is 0 Å². The molecule has 0 bridgehead atoms. The second-order valence-electron chi connectivity index (χ2n) is 7.51. The molecule has 0 aliphatic rings. The second-order valence-corrected chi connectivity index (χ2v) is 7.51. The first-order valence-corrected chi connectivity index (χ1v) is 10.6. The topological polar surface area (TPSA) is 46.6 Å². The Labute approximate surface area is 161 Å². The Morgan fingerprint density at radius 2 is 1.31 bits per heavy atom. The zero-order valence-electron chi connectivity index (χ0n) is 17.6. The van der Waals surface area contributed by atoms with Crippen LogP contribution in [0.1, 0.15) is 91.9 Å². The second kappa shape index (κ2) is 17.1. The van der Waals surface area contributed by atoms with Crippen LogP contribution in [0.3, 0.4) is 0 Å². The van der Waals surface area contributed by atoms with E-state index < -0.39 is 5.97 Å². The van der Waals surface area contributed by atoms with Crippen molar-refractivity contribution >= 4 is 11.9 Å². The summed E-state index contributed by atoms with van der Waals surface area (Å²) in [5.41, 5.74) is 0. The summed E-state index contributed by atoms with van der Waals surface area (Å²) in [6, 6.07) is 0. The van der Waals surface area contributed by atoms with Crippen molar-refractivity contribution in [3.63, 3.8) is 0 Å². The Balaban J connectivity index is 4.38. The monoisotopic (exact) mass is 367 g/mol. The predicted molar refractivity (Wildman–Crippen MR) is 109 cm³/mol. The number of carbonyl (C=O) groups excluding carboxylic acids is 2. The number of nitrogens with zero attached hydrogens (tertiary/aromatic N) is 1. The molecule has 0 fully saturated rings. The fourth-order valence-corrected chi connectivity index (χ4v) is 2.69. The number of carbonyl (C=O) groups is 2. The highest BCUT2D eigenvalue weighted by Gasteiger charge is 2.11. The number of unbranched alkanes of at least 4 members (excludes halogenated alkanes) is 8. The van der Waals surface area contributed by atoms with Gasteiger partial charge in [-0.3, -0.25) is 4.79 Å². The van der Waals surface area contributed by atoms with Gasteiger partial charge in [-0.15, -0.1) is 0 Å². The molecule has 26 heavy (non-hydrogen) atoms. The quantitative estimate of drug-likeness (QED) is 0.205. The highest BCUT2D eigenvalue weighted by molar-refractivity contribution is 5.94. The molecule has 0 saturated heterocycles. The fourth-order valence-electron chi connectivity index (χ4n) is 2.69. The van der Waals surface area contributed by atoms with Crippen LogP contribution in [-0.4, -0.2) is 36.5 Å². The number of ether oxygens (including phenoxy) is 1. The molecular weight excluding hydrogens is 326 g/mol. The first-order chi connectivity index (χ1) is 12.5. The fraction of sp³-hybridized carbons (Fsp3) is 0.818. The molecule has 0 radical (unpaired) electrons. The molecule has 4 nitrogen and oxygen atoms in total. The van der Waals surface area contributed by atoms with Gasteiger partial charge in [0.15, 0.2) is 0 Å². The van der Waals surface area contributed by atoms with E-state index in [0.29, 0.717) is 12.5 Å². The van der Waals surface area contributed by atoms with Gasteiger partial charge in [0.1, 0.15) is 0 Å². The van der Waals surface area contributed by atoms with Gasteiger partial charge in [0.2, 0.25) is 5.91 Å². The van der Waals surface area contributed by atoms with E-state index in [1.165, 1.54) is 50.7 Å². The molecule has 0 aromatic heterocycles. The average molecular weight is 368 g/mol. The molecule has 0 aromatic carbocycles. The zero-order chi connectivity index (χ0) is 19.6. The lowest BCUT2D eigenvalue weighted by Crippen LogP contribution is -2.31. The van der Waals surface area contributed by atoms with E-state index in [1.54, 1.807) is 0 Å². The van der Waals surface area contributed by atoms with Crippen LogP contribution in [0.25, 0.3) is 0 Å². The van der Waals surface area contributed by atoms with Crippen molar-refractivity contribution in [3.8, 4) is 0 Å². The summed E-state index contributed by atoms with van der Waals surface area (Å²) in [5, 5.41) is 0. The molecule has 0 atom stereocenters. The third-order valence-electron chi connectivity index (χ3n) is 4.30. The van der Waals surface area contributed by atoms with Crippen molar-refractivity contribution in [2.75, 3.05) is 19.7 Å². The molecule has 0 heterocycles. The van der Waals surface area contributed by atoms with Crippen molar-refractivity contribution in [2.24, 2.45) is 5.92 Å². The number of hydrogen-bond donors (Lipinski definition) is 0. The van der Waals surface area contributed by atoms with Crippen LogP contribution in [0.2, 0.25) is 0 Å². The molecule has 0 saturated carbocycles. The van der Waals surface area contributed by atoms with Crippen LogP contribution in [0.15, 0.2) is 12.2 Å². The Morgan fingerprint density at radius 3 is 1.77 bits per heavy atom. The predicted octanol–water partition coefficient (Wildman–Crippen LogP) is 5.51. The summed E-state index contributed by atoms with van der Waals surface area (Å²) in [6.07, 6.45) is 14.5. The Morgan fingerprint density at radius 1 is 0.808 bits per heavy atom. The number of hydrogen-bond acceptors (Lipinski definition) is 3. The molecule has 0 aliphatic heterocycles. The SMILES string of the molecule is CCCCCCCN(CCCCCCC)C(=O)/C=C/C(=O)OCC(C)C. The normalized spacial score (nSPS) is 11.3. The minimum absolute atomic E-state index is 0.0718. The van der Waals surface area contributed by atoms with Gasteiger partial charge in [-0.05, 0) is 18.8 Å². The highest BCUT2D eigenvalue weighted by atomic mass is 16.5. The average Bonchev–Trinajstić information content (AvgIpc) is 2.62. The van der Waals surface area contributed by atoms with Gasteiger partial charge < -0.3 is 9.64 Å². The Bertz CT molecular complexity index is 377. The van der Waals surface area contributed by atoms with E-state index in [-0.39, 0.29) is 5.91 Å². The van der Waals surface area contributed by atoms with E-state index in [2.05, 4.69) is 13.8 Å².